The molecule has 0 aliphatic carbocycles. The van der Waals surface area contributed by atoms with Crippen molar-refractivity contribution in [1.29, 1.82) is 0 Å². The van der Waals surface area contributed by atoms with Gasteiger partial charge in [-0.2, -0.15) is 0 Å². The molecule has 0 atom stereocenters. The molecule has 0 rings (SSSR count). The number of amides is 2. The number of carbonyl (C=O) groups is 2. The maximum absolute atomic E-state index is 12.5. The molecule has 118 valence electrons. The molecule has 0 aliphatic rings. The summed E-state index contributed by atoms with van der Waals surface area (Å²) >= 11 is 0. The normalized spacial score (nSPS) is 10.9. The Morgan fingerprint density at radius 3 is 1.95 bits per heavy atom. The molecular formula is C14H28N2O4. The summed E-state index contributed by atoms with van der Waals surface area (Å²) in [6.45, 7) is 9.66. The maximum atomic E-state index is 12.5. The number of rotatable bonds is 9. The molecule has 0 aromatic heterocycles. The molecule has 6 nitrogen and oxygen atoms in total. The Labute approximate surface area is 121 Å². The molecule has 0 spiro atoms. The standard InChI is InChI=1S/C14H28N2O4/c1-11(2)8-15(6-7-20-5)14(19)16(9-12(3)4)10-13(17)18/h11-12H,6-10H2,1-5H3,(H,17,18). The second kappa shape index (κ2) is 9.58. The predicted octanol–water partition coefficient (Wildman–Crippen LogP) is 1.75. The van der Waals surface area contributed by atoms with Gasteiger partial charge in [0.1, 0.15) is 6.54 Å². The van der Waals surface area contributed by atoms with Crippen LogP contribution in [0.25, 0.3) is 0 Å². The molecule has 20 heavy (non-hydrogen) atoms. The second-order valence-corrected chi connectivity index (χ2v) is 5.78. The van der Waals surface area contributed by atoms with Crippen LogP contribution >= 0.6 is 0 Å². The molecule has 0 aromatic rings. The molecule has 0 aromatic carbocycles. The number of hydrogen-bond donors (Lipinski definition) is 1. The summed E-state index contributed by atoms with van der Waals surface area (Å²) in [7, 11) is 1.58. The third-order valence-corrected chi connectivity index (χ3v) is 2.60. The Balaban J connectivity index is 4.86. The van der Waals surface area contributed by atoms with Crippen LogP contribution in [0.15, 0.2) is 0 Å². The SMILES string of the molecule is COCCN(CC(C)C)C(=O)N(CC(=O)O)CC(C)C. The topological polar surface area (TPSA) is 70.1 Å². The lowest BCUT2D eigenvalue weighted by molar-refractivity contribution is -0.137. The summed E-state index contributed by atoms with van der Waals surface area (Å²) in [5.41, 5.74) is 0. The fourth-order valence-corrected chi connectivity index (χ4v) is 1.92. The number of carboxylic acids is 1. The quantitative estimate of drug-likeness (QED) is 0.702. The van der Waals surface area contributed by atoms with E-state index in [4.69, 9.17) is 9.84 Å². The van der Waals surface area contributed by atoms with Crippen molar-refractivity contribution in [2.24, 2.45) is 11.8 Å². The van der Waals surface area contributed by atoms with Crippen molar-refractivity contribution >= 4 is 12.0 Å². The molecule has 0 saturated heterocycles. The van der Waals surface area contributed by atoms with E-state index in [1.807, 2.05) is 27.7 Å². The molecule has 0 bridgehead atoms. The second-order valence-electron chi connectivity index (χ2n) is 5.78. The fraction of sp³-hybridized carbons (Fsp3) is 0.857. The largest absolute Gasteiger partial charge is 0.480 e. The Morgan fingerprint density at radius 2 is 1.55 bits per heavy atom. The summed E-state index contributed by atoms with van der Waals surface area (Å²) in [6, 6.07) is -0.230. The van der Waals surface area contributed by atoms with Crippen LogP contribution in [0.4, 0.5) is 4.79 Å². The summed E-state index contributed by atoms with van der Waals surface area (Å²) in [5.74, 6) is -0.446. The van der Waals surface area contributed by atoms with E-state index in [1.165, 1.54) is 4.90 Å². The number of hydrogen-bond acceptors (Lipinski definition) is 3. The first-order chi connectivity index (χ1) is 9.27. The van der Waals surface area contributed by atoms with Crippen molar-refractivity contribution in [1.82, 2.24) is 9.80 Å². The highest BCUT2D eigenvalue weighted by Crippen LogP contribution is 2.07. The van der Waals surface area contributed by atoms with Crippen molar-refractivity contribution in [3.63, 3.8) is 0 Å². The van der Waals surface area contributed by atoms with E-state index < -0.39 is 5.97 Å². The van der Waals surface area contributed by atoms with Gasteiger partial charge in [-0.25, -0.2) is 4.79 Å². The van der Waals surface area contributed by atoms with Crippen LogP contribution in [0, 0.1) is 11.8 Å². The summed E-state index contributed by atoms with van der Waals surface area (Å²) in [4.78, 5) is 26.5. The van der Waals surface area contributed by atoms with Gasteiger partial charge in [0.25, 0.3) is 0 Å². The first kappa shape index (κ1) is 18.7. The molecule has 0 heterocycles. The maximum Gasteiger partial charge on any atom is 0.323 e. The van der Waals surface area contributed by atoms with E-state index in [0.717, 1.165) is 0 Å². The van der Waals surface area contributed by atoms with Crippen LogP contribution < -0.4 is 0 Å². The highest BCUT2D eigenvalue weighted by molar-refractivity contribution is 5.80. The zero-order valence-corrected chi connectivity index (χ0v) is 13.3. The summed E-state index contributed by atoms with van der Waals surface area (Å²) in [5, 5.41) is 8.95. The minimum Gasteiger partial charge on any atom is -0.480 e. The monoisotopic (exact) mass is 288 g/mol. The van der Waals surface area contributed by atoms with Crippen molar-refractivity contribution in [3.05, 3.63) is 0 Å². The molecule has 0 unspecified atom stereocenters. The van der Waals surface area contributed by atoms with Gasteiger partial charge in [-0.15, -0.1) is 0 Å². The van der Waals surface area contributed by atoms with Crippen LogP contribution in [0.1, 0.15) is 27.7 Å². The third-order valence-electron chi connectivity index (χ3n) is 2.60. The van der Waals surface area contributed by atoms with E-state index in [0.29, 0.717) is 32.2 Å². The van der Waals surface area contributed by atoms with Gasteiger partial charge in [0.2, 0.25) is 0 Å². The van der Waals surface area contributed by atoms with Gasteiger partial charge < -0.3 is 19.6 Å². The van der Waals surface area contributed by atoms with Crippen molar-refractivity contribution in [2.45, 2.75) is 27.7 Å². The lowest BCUT2D eigenvalue weighted by Gasteiger charge is -2.31. The van der Waals surface area contributed by atoms with Gasteiger partial charge in [-0.3, -0.25) is 4.79 Å². The Morgan fingerprint density at radius 1 is 1.05 bits per heavy atom. The average molecular weight is 288 g/mol. The van der Waals surface area contributed by atoms with E-state index in [9.17, 15) is 9.59 Å². The number of methoxy groups -OCH3 is 1. The van der Waals surface area contributed by atoms with Crippen LogP contribution in [0.5, 0.6) is 0 Å². The number of urea groups is 1. The van der Waals surface area contributed by atoms with E-state index in [2.05, 4.69) is 0 Å². The molecule has 2 amide bonds. The van der Waals surface area contributed by atoms with Crippen molar-refractivity contribution < 1.29 is 19.4 Å². The van der Waals surface area contributed by atoms with Crippen LogP contribution in [-0.2, 0) is 9.53 Å². The van der Waals surface area contributed by atoms with Gasteiger partial charge in [0.15, 0.2) is 0 Å². The minimum atomic E-state index is -0.991. The number of ether oxygens (including phenoxy) is 1. The molecule has 0 aliphatic heterocycles. The average Bonchev–Trinajstić information content (AvgIpc) is 2.31. The van der Waals surface area contributed by atoms with Gasteiger partial charge in [-0.1, -0.05) is 27.7 Å². The Kier molecular flexibility index (Phi) is 8.96. The number of carboxylic acid groups (broad SMARTS) is 1. The number of carbonyl (C=O) groups excluding carboxylic acids is 1. The lowest BCUT2D eigenvalue weighted by atomic mass is 10.2. The fourth-order valence-electron chi connectivity index (χ4n) is 1.92. The van der Waals surface area contributed by atoms with Crippen LogP contribution in [0.3, 0.4) is 0 Å². The highest BCUT2D eigenvalue weighted by atomic mass is 16.5. The van der Waals surface area contributed by atoms with Gasteiger partial charge >= 0.3 is 12.0 Å². The Bertz CT molecular complexity index is 306. The lowest BCUT2D eigenvalue weighted by Crippen LogP contribution is -2.48. The van der Waals surface area contributed by atoms with Crippen LogP contribution in [-0.4, -0.2) is 66.8 Å². The molecular weight excluding hydrogens is 260 g/mol. The number of aliphatic carboxylic acids is 1. The third kappa shape index (κ3) is 7.99. The molecule has 6 heteroatoms. The van der Waals surface area contributed by atoms with Crippen molar-refractivity contribution in [3.8, 4) is 0 Å². The zero-order valence-electron chi connectivity index (χ0n) is 13.3. The highest BCUT2D eigenvalue weighted by Gasteiger charge is 2.23. The molecule has 0 radical (unpaired) electrons. The molecule has 1 N–H and O–H groups in total. The van der Waals surface area contributed by atoms with Crippen LogP contribution in [0.2, 0.25) is 0 Å². The minimum absolute atomic E-state index is 0.224. The van der Waals surface area contributed by atoms with Gasteiger partial charge in [-0.05, 0) is 11.8 Å². The van der Waals surface area contributed by atoms with E-state index in [1.54, 1.807) is 12.0 Å². The zero-order chi connectivity index (χ0) is 15.7. The first-order valence-corrected chi connectivity index (χ1v) is 7.02. The smallest absolute Gasteiger partial charge is 0.323 e. The predicted molar refractivity (Wildman–Crippen MR) is 77.7 cm³/mol. The Hall–Kier alpha value is -1.30. The van der Waals surface area contributed by atoms with E-state index >= 15 is 0 Å². The number of nitrogens with zero attached hydrogens (tertiary/aromatic N) is 2. The first-order valence-electron chi connectivity index (χ1n) is 7.02. The summed E-state index contributed by atoms with van der Waals surface area (Å²) < 4.78 is 5.02. The van der Waals surface area contributed by atoms with Crippen molar-refractivity contribution in [2.75, 3.05) is 39.9 Å². The molecule has 0 fully saturated rings. The molecule has 0 saturated carbocycles. The van der Waals surface area contributed by atoms with Gasteiger partial charge in [0.05, 0.1) is 6.61 Å². The van der Waals surface area contributed by atoms with Gasteiger partial charge in [0, 0.05) is 26.7 Å². The van der Waals surface area contributed by atoms with E-state index in [-0.39, 0.29) is 18.5 Å². The summed E-state index contributed by atoms with van der Waals surface area (Å²) in [6.07, 6.45) is 0.